The van der Waals surface area contributed by atoms with Crippen LogP contribution < -0.4 is 20.5 Å². The number of hydrazone groups is 1. The van der Waals surface area contributed by atoms with Crippen LogP contribution in [0, 0.1) is 0 Å². The molecule has 1 aromatic heterocycles. The molecule has 0 amide bonds. The van der Waals surface area contributed by atoms with E-state index in [9.17, 15) is 4.79 Å². The highest BCUT2D eigenvalue weighted by Crippen LogP contribution is 2.17. The second-order valence-electron chi connectivity index (χ2n) is 5.45. The van der Waals surface area contributed by atoms with Crippen molar-refractivity contribution < 1.29 is 9.47 Å². The average Bonchev–Trinajstić information content (AvgIpc) is 2.70. The van der Waals surface area contributed by atoms with Crippen LogP contribution in [0.3, 0.4) is 0 Å². The van der Waals surface area contributed by atoms with Crippen LogP contribution in [0.2, 0.25) is 0 Å². The minimum absolute atomic E-state index is 0.152. The zero-order valence-electron chi connectivity index (χ0n) is 15.0. The fourth-order valence-corrected chi connectivity index (χ4v) is 2.31. The molecule has 0 aliphatic rings. The van der Waals surface area contributed by atoms with Crippen LogP contribution in [0.5, 0.6) is 11.5 Å². The van der Waals surface area contributed by atoms with E-state index >= 15 is 0 Å². The maximum absolute atomic E-state index is 12.2. The highest BCUT2D eigenvalue weighted by Gasteiger charge is 2.07. The summed E-state index contributed by atoms with van der Waals surface area (Å²) in [6, 6.07) is 14.5. The molecule has 0 saturated heterocycles. The maximum Gasteiger partial charge on any atom is 0.279 e. The monoisotopic (exact) mass is 365 g/mol. The number of H-pyrrole nitrogens is 1. The highest BCUT2D eigenvalue weighted by atomic mass is 16.5. The van der Waals surface area contributed by atoms with Gasteiger partial charge in [0.25, 0.3) is 5.56 Å². The lowest BCUT2D eigenvalue weighted by molar-refractivity contribution is 0.340. The lowest BCUT2D eigenvalue weighted by atomic mass is 10.1. The molecular weight excluding hydrogens is 346 g/mol. The molecule has 0 fully saturated rings. The Kier molecular flexibility index (Phi) is 5.78. The summed E-state index contributed by atoms with van der Waals surface area (Å²) < 4.78 is 10.5. The minimum atomic E-state index is -0.367. The van der Waals surface area contributed by atoms with E-state index in [1.165, 1.54) is 0 Å². The molecule has 0 saturated carbocycles. The Morgan fingerprint density at radius 1 is 1.07 bits per heavy atom. The Morgan fingerprint density at radius 3 is 2.41 bits per heavy atom. The van der Waals surface area contributed by atoms with E-state index in [2.05, 4.69) is 25.7 Å². The van der Waals surface area contributed by atoms with Crippen molar-refractivity contribution in [3.05, 3.63) is 64.4 Å². The number of methoxy groups -OCH3 is 1. The third-order valence-electron chi connectivity index (χ3n) is 3.64. The number of nitrogens with one attached hydrogen (secondary N) is 2. The minimum Gasteiger partial charge on any atom is -0.497 e. The number of anilines is 1. The number of ether oxygens (including phenoxy) is 2. The number of benzene rings is 2. The smallest absolute Gasteiger partial charge is 0.279 e. The van der Waals surface area contributed by atoms with Gasteiger partial charge >= 0.3 is 0 Å². The maximum atomic E-state index is 12.2. The van der Waals surface area contributed by atoms with E-state index in [1.807, 2.05) is 31.2 Å². The molecule has 0 spiro atoms. The zero-order chi connectivity index (χ0) is 19.1. The van der Waals surface area contributed by atoms with Gasteiger partial charge in [-0.15, -0.1) is 10.2 Å². The molecule has 0 aliphatic carbocycles. The van der Waals surface area contributed by atoms with Gasteiger partial charge in [-0.3, -0.25) is 9.78 Å². The lowest BCUT2D eigenvalue weighted by Crippen LogP contribution is -2.15. The predicted molar refractivity (Wildman–Crippen MR) is 103 cm³/mol. The van der Waals surface area contributed by atoms with E-state index in [0.29, 0.717) is 17.9 Å². The van der Waals surface area contributed by atoms with Gasteiger partial charge in [-0.05, 0) is 61.0 Å². The van der Waals surface area contributed by atoms with Gasteiger partial charge in [0.1, 0.15) is 11.5 Å². The third kappa shape index (κ3) is 4.69. The summed E-state index contributed by atoms with van der Waals surface area (Å²) >= 11 is 0. The van der Waals surface area contributed by atoms with Crippen molar-refractivity contribution in [3.8, 4) is 22.8 Å². The second-order valence-corrected chi connectivity index (χ2v) is 5.45. The first-order chi connectivity index (χ1) is 13.2. The number of hydrogen-bond donors (Lipinski definition) is 2. The van der Waals surface area contributed by atoms with E-state index in [-0.39, 0.29) is 17.2 Å². The van der Waals surface area contributed by atoms with Crippen molar-refractivity contribution >= 4 is 12.2 Å². The second kappa shape index (κ2) is 8.61. The van der Waals surface area contributed by atoms with Crippen molar-refractivity contribution in [1.82, 2.24) is 15.2 Å². The Morgan fingerprint density at radius 2 is 1.78 bits per heavy atom. The van der Waals surface area contributed by atoms with Crippen LogP contribution in [0.4, 0.5) is 5.95 Å². The van der Waals surface area contributed by atoms with Crippen LogP contribution in [-0.2, 0) is 0 Å². The van der Waals surface area contributed by atoms with Crippen LogP contribution >= 0.6 is 0 Å². The summed E-state index contributed by atoms with van der Waals surface area (Å²) in [5.41, 5.74) is 4.03. The molecule has 1 heterocycles. The molecule has 2 N–H and O–H groups in total. The van der Waals surface area contributed by atoms with Crippen molar-refractivity contribution in [2.24, 2.45) is 5.10 Å². The molecule has 0 atom stereocenters. The molecular formula is C19H19N5O3. The number of nitrogens with zero attached hydrogens (tertiary/aromatic N) is 3. The molecule has 27 heavy (non-hydrogen) atoms. The summed E-state index contributed by atoms with van der Waals surface area (Å²) in [5.74, 6) is 1.65. The van der Waals surface area contributed by atoms with Crippen molar-refractivity contribution in [2.45, 2.75) is 6.92 Å². The van der Waals surface area contributed by atoms with Crippen LogP contribution in [0.15, 0.2) is 58.4 Å². The van der Waals surface area contributed by atoms with Crippen LogP contribution in [0.25, 0.3) is 11.3 Å². The van der Waals surface area contributed by atoms with Gasteiger partial charge in [0.05, 0.1) is 19.9 Å². The molecule has 0 bridgehead atoms. The Balaban J connectivity index is 1.67. The van der Waals surface area contributed by atoms with Gasteiger partial charge in [-0.25, -0.2) is 5.43 Å². The van der Waals surface area contributed by atoms with Crippen molar-refractivity contribution in [3.63, 3.8) is 0 Å². The number of hydrogen-bond acceptors (Lipinski definition) is 7. The van der Waals surface area contributed by atoms with Crippen molar-refractivity contribution in [1.29, 1.82) is 0 Å². The van der Waals surface area contributed by atoms with Crippen LogP contribution in [0.1, 0.15) is 12.5 Å². The zero-order valence-corrected chi connectivity index (χ0v) is 15.0. The van der Waals surface area contributed by atoms with Gasteiger partial charge in [-0.1, -0.05) is 0 Å². The number of aromatic amines is 1. The highest BCUT2D eigenvalue weighted by molar-refractivity contribution is 5.80. The van der Waals surface area contributed by atoms with Gasteiger partial charge < -0.3 is 9.47 Å². The molecule has 2 aromatic carbocycles. The molecule has 0 radical (unpaired) electrons. The normalized spacial score (nSPS) is 10.7. The van der Waals surface area contributed by atoms with E-state index < -0.39 is 0 Å². The molecule has 138 valence electrons. The van der Waals surface area contributed by atoms with Gasteiger partial charge in [-0.2, -0.15) is 5.10 Å². The SMILES string of the molecule is CCOc1ccc(/C=N/Nc2nnc(-c3ccc(OC)cc3)c(=O)[nH]2)cc1. The summed E-state index contributed by atoms with van der Waals surface area (Å²) in [7, 11) is 1.58. The fourth-order valence-electron chi connectivity index (χ4n) is 2.31. The summed E-state index contributed by atoms with van der Waals surface area (Å²) in [6.45, 7) is 2.55. The van der Waals surface area contributed by atoms with E-state index in [4.69, 9.17) is 9.47 Å². The Bertz CT molecular complexity index is 966. The number of rotatable bonds is 7. The molecule has 3 rings (SSSR count). The van der Waals surface area contributed by atoms with Gasteiger partial charge in [0, 0.05) is 5.56 Å². The van der Waals surface area contributed by atoms with Gasteiger partial charge in [0.15, 0.2) is 5.69 Å². The Labute approximate surface area is 155 Å². The standard InChI is InChI=1S/C19H19N5O3/c1-3-27-16-8-4-13(5-9-16)12-20-23-19-21-18(25)17(22-24-19)14-6-10-15(26-2)11-7-14/h4-12H,3H2,1-2H3,(H2,21,23,24,25)/b20-12+. The average molecular weight is 365 g/mol. The number of aromatic nitrogens is 3. The fraction of sp³-hybridized carbons (Fsp3) is 0.158. The first-order valence-corrected chi connectivity index (χ1v) is 8.33. The van der Waals surface area contributed by atoms with E-state index in [0.717, 1.165) is 11.3 Å². The van der Waals surface area contributed by atoms with E-state index in [1.54, 1.807) is 37.6 Å². The summed E-state index contributed by atoms with van der Waals surface area (Å²) in [6.07, 6.45) is 1.60. The van der Waals surface area contributed by atoms with Crippen molar-refractivity contribution in [2.75, 3.05) is 19.1 Å². The molecule has 0 unspecified atom stereocenters. The summed E-state index contributed by atoms with van der Waals surface area (Å²) in [4.78, 5) is 14.8. The summed E-state index contributed by atoms with van der Waals surface area (Å²) in [5, 5.41) is 12.0. The molecule has 8 heteroatoms. The first-order valence-electron chi connectivity index (χ1n) is 8.33. The predicted octanol–water partition coefficient (Wildman–Crippen LogP) is 2.69. The molecule has 8 nitrogen and oxygen atoms in total. The Hall–Kier alpha value is -3.68. The molecule has 0 aliphatic heterocycles. The quantitative estimate of drug-likeness (QED) is 0.493. The first kappa shape index (κ1) is 18.1. The largest absolute Gasteiger partial charge is 0.497 e. The third-order valence-corrected chi connectivity index (χ3v) is 3.64. The molecule has 3 aromatic rings. The van der Waals surface area contributed by atoms with Crippen LogP contribution in [-0.4, -0.2) is 35.1 Å². The topological polar surface area (TPSA) is 101 Å². The van der Waals surface area contributed by atoms with Gasteiger partial charge in [0.2, 0.25) is 5.95 Å². The lowest BCUT2D eigenvalue weighted by Gasteiger charge is -2.03.